The smallest absolute Gasteiger partial charge is 0.0205 e. The van der Waals surface area contributed by atoms with Crippen LogP contribution in [0, 0.1) is 0 Å². The molecule has 1 radical (unpaired) electrons. The molecule has 2 heteroatoms. The molecule has 0 heterocycles. The number of unbranched alkanes of at least 4 members (excludes halogenated alkanes) is 3. The Balaban J connectivity index is 1.93. The van der Waals surface area contributed by atoms with Crippen LogP contribution in [0.4, 0.5) is 0 Å². The highest BCUT2D eigenvalue weighted by molar-refractivity contribution is 5.14. The summed E-state index contributed by atoms with van der Waals surface area (Å²) in [5.41, 5.74) is 8.37. The fourth-order valence-corrected chi connectivity index (χ4v) is 1.56. The van der Waals surface area contributed by atoms with Crippen LogP contribution in [0.25, 0.3) is 0 Å². The summed E-state index contributed by atoms with van der Waals surface area (Å²) in [6.45, 7) is 2.64. The average Bonchev–Trinajstić information content (AvgIpc) is 2.29. The summed E-state index contributed by atoms with van der Waals surface area (Å²) in [7, 11) is 0. The second-order valence-electron chi connectivity index (χ2n) is 3.83. The van der Waals surface area contributed by atoms with Gasteiger partial charge in [-0.3, -0.25) is 5.73 Å². The van der Waals surface area contributed by atoms with Crippen molar-refractivity contribution in [1.82, 2.24) is 11.1 Å². The van der Waals surface area contributed by atoms with E-state index in [2.05, 4.69) is 29.6 Å². The SMILES string of the molecule is [NH]CCCCCCNCc1ccccc1. The lowest BCUT2D eigenvalue weighted by atomic mass is 10.2. The zero-order valence-electron chi connectivity index (χ0n) is 9.34. The molecule has 0 saturated carbocycles. The molecule has 0 fully saturated rings. The minimum atomic E-state index is 0.581. The van der Waals surface area contributed by atoms with Crippen LogP contribution in [0.3, 0.4) is 0 Å². The zero-order valence-corrected chi connectivity index (χ0v) is 9.34. The first-order chi connectivity index (χ1) is 7.43. The highest BCUT2D eigenvalue weighted by Gasteiger charge is 1.91. The minimum Gasteiger partial charge on any atom is -0.313 e. The molecule has 15 heavy (non-hydrogen) atoms. The van der Waals surface area contributed by atoms with E-state index in [0.29, 0.717) is 6.54 Å². The zero-order chi connectivity index (χ0) is 10.8. The van der Waals surface area contributed by atoms with E-state index in [-0.39, 0.29) is 0 Å². The Kier molecular flexibility index (Phi) is 6.88. The van der Waals surface area contributed by atoms with Gasteiger partial charge in [0.1, 0.15) is 0 Å². The van der Waals surface area contributed by atoms with Gasteiger partial charge in [-0.15, -0.1) is 0 Å². The van der Waals surface area contributed by atoms with Crippen LogP contribution in [0.5, 0.6) is 0 Å². The molecule has 0 aromatic heterocycles. The van der Waals surface area contributed by atoms with Crippen molar-refractivity contribution in [1.29, 1.82) is 0 Å². The molecule has 0 unspecified atom stereocenters. The molecule has 0 bridgehead atoms. The Labute approximate surface area is 92.9 Å². The number of hydrogen-bond donors (Lipinski definition) is 1. The number of benzene rings is 1. The number of nitrogens with one attached hydrogen (secondary N) is 2. The quantitative estimate of drug-likeness (QED) is 0.651. The Morgan fingerprint density at radius 2 is 1.67 bits per heavy atom. The standard InChI is InChI=1S/C13H21N2/c14-10-6-1-2-7-11-15-12-13-8-4-3-5-9-13/h3-5,8-9,14-15H,1-2,6-7,10-12H2. The van der Waals surface area contributed by atoms with Gasteiger partial charge in [0, 0.05) is 13.1 Å². The molecule has 1 aromatic rings. The van der Waals surface area contributed by atoms with Gasteiger partial charge in [-0.05, 0) is 24.9 Å². The second kappa shape index (κ2) is 8.45. The van der Waals surface area contributed by atoms with Gasteiger partial charge in [0.05, 0.1) is 0 Å². The molecular formula is C13H21N2. The molecule has 2 N–H and O–H groups in total. The molecule has 0 amide bonds. The highest BCUT2D eigenvalue weighted by Crippen LogP contribution is 1.99. The van der Waals surface area contributed by atoms with Crippen LogP contribution in [0.15, 0.2) is 30.3 Å². The third-order valence-corrected chi connectivity index (χ3v) is 2.45. The van der Waals surface area contributed by atoms with Crippen LogP contribution in [-0.2, 0) is 6.54 Å². The lowest BCUT2D eigenvalue weighted by molar-refractivity contribution is 0.588. The van der Waals surface area contributed by atoms with Crippen molar-refractivity contribution in [2.75, 3.05) is 13.1 Å². The van der Waals surface area contributed by atoms with Gasteiger partial charge in [0.25, 0.3) is 0 Å². The van der Waals surface area contributed by atoms with Crippen molar-refractivity contribution in [3.63, 3.8) is 0 Å². The highest BCUT2D eigenvalue weighted by atomic mass is 14.8. The first-order valence-electron chi connectivity index (χ1n) is 5.82. The fraction of sp³-hybridized carbons (Fsp3) is 0.538. The van der Waals surface area contributed by atoms with Crippen LogP contribution < -0.4 is 11.1 Å². The predicted octanol–water partition coefficient (Wildman–Crippen LogP) is 2.62. The van der Waals surface area contributed by atoms with E-state index < -0.39 is 0 Å². The van der Waals surface area contributed by atoms with E-state index in [1.165, 1.54) is 24.8 Å². The fourth-order valence-electron chi connectivity index (χ4n) is 1.56. The molecular weight excluding hydrogens is 184 g/mol. The average molecular weight is 205 g/mol. The summed E-state index contributed by atoms with van der Waals surface area (Å²) in [6, 6.07) is 10.5. The van der Waals surface area contributed by atoms with E-state index in [0.717, 1.165) is 19.5 Å². The molecule has 0 aliphatic heterocycles. The van der Waals surface area contributed by atoms with Crippen molar-refractivity contribution in [3.05, 3.63) is 35.9 Å². The maximum Gasteiger partial charge on any atom is 0.0205 e. The van der Waals surface area contributed by atoms with Gasteiger partial charge >= 0.3 is 0 Å². The minimum absolute atomic E-state index is 0.581. The third kappa shape index (κ3) is 6.26. The van der Waals surface area contributed by atoms with Gasteiger partial charge < -0.3 is 5.32 Å². The van der Waals surface area contributed by atoms with Gasteiger partial charge in [0.15, 0.2) is 0 Å². The van der Waals surface area contributed by atoms with Gasteiger partial charge in [-0.25, -0.2) is 0 Å². The summed E-state index contributed by atoms with van der Waals surface area (Å²) in [5, 5.41) is 3.43. The van der Waals surface area contributed by atoms with E-state index >= 15 is 0 Å². The molecule has 0 aliphatic carbocycles. The lowest BCUT2D eigenvalue weighted by Crippen LogP contribution is -2.14. The first kappa shape index (κ1) is 12.2. The molecule has 0 atom stereocenters. The second-order valence-corrected chi connectivity index (χ2v) is 3.83. The van der Waals surface area contributed by atoms with E-state index in [9.17, 15) is 0 Å². The Morgan fingerprint density at radius 3 is 2.40 bits per heavy atom. The van der Waals surface area contributed by atoms with Crippen molar-refractivity contribution < 1.29 is 0 Å². The lowest BCUT2D eigenvalue weighted by Gasteiger charge is -2.04. The van der Waals surface area contributed by atoms with E-state index in [4.69, 9.17) is 5.73 Å². The molecule has 1 aromatic carbocycles. The topological polar surface area (TPSA) is 35.8 Å². The summed E-state index contributed by atoms with van der Waals surface area (Å²) < 4.78 is 0. The van der Waals surface area contributed by atoms with E-state index in [1.54, 1.807) is 0 Å². The largest absolute Gasteiger partial charge is 0.313 e. The van der Waals surface area contributed by atoms with Crippen molar-refractivity contribution >= 4 is 0 Å². The Hall–Kier alpha value is -0.860. The maximum atomic E-state index is 7.02. The molecule has 1 rings (SSSR count). The maximum absolute atomic E-state index is 7.02. The predicted molar refractivity (Wildman–Crippen MR) is 64.6 cm³/mol. The molecule has 2 nitrogen and oxygen atoms in total. The van der Waals surface area contributed by atoms with Crippen LogP contribution >= 0.6 is 0 Å². The third-order valence-electron chi connectivity index (χ3n) is 2.45. The van der Waals surface area contributed by atoms with Crippen LogP contribution in [0.1, 0.15) is 31.2 Å². The molecule has 0 aliphatic rings. The summed E-state index contributed by atoms with van der Waals surface area (Å²) >= 11 is 0. The summed E-state index contributed by atoms with van der Waals surface area (Å²) in [4.78, 5) is 0. The van der Waals surface area contributed by atoms with Gasteiger partial charge in [-0.2, -0.15) is 0 Å². The normalized spacial score (nSPS) is 10.5. The Bertz CT molecular complexity index is 234. The van der Waals surface area contributed by atoms with Gasteiger partial charge in [-0.1, -0.05) is 43.2 Å². The number of rotatable bonds is 8. The van der Waals surface area contributed by atoms with Crippen molar-refractivity contribution in [2.45, 2.75) is 32.2 Å². The van der Waals surface area contributed by atoms with E-state index in [1.807, 2.05) is 6.07 Å². The Morgan fingerprint density at radius 1 is 0.933 bits per heavy atom. The monoisotopic (exact) mass is 205 g/mol. The molecule has 0 spiro atoms. The van der Waals surface area contributed by atoms with Crippen LogP contribution in [-0.4, -0.2) is 13.1 Å². The van der Waals surface area contributed by atoms with Crippen molar-refractivity contribution in [3.8, 4) is 0 Å². The molecule has 0 saturated heterocycles. The number of hydrogen-bond acceptors (Lipinski definition) is 1. The summed E-state index contributed by atoms with van der Waals surface area (Å²) in [6.07, 6.45) is 4.74. The van der Waals surface area contributed by atoms with Gasteiger partial charge in [0.2, 0.25) is 0 Å². The van der Waals surface area contributed by atoms with Crippen LogP contribution in [0.2, 0.25) is 0 Å². The van der Waals surface area contributed by atoms with Crippen molar-refractivity contribution in [2.24, 2.45) is 0 Å². The first-order valence-corrected chi connectivity index (χ1v) is 5.82. The summed E-state index contributed by atoms with van der Waals surface area (Å²) in [5.74, 6) is 0. The molecule has 83 valence electrons.